The van der Waals surface area contributed by atoms with Crippen molar-refractivity contribution in [3.8, 4) is 11.1 Å². The summed E-state index contributed by atoms with van der Waals surface area (Å²) in [6.45, 7) is 0.228. The minimum absolute atomic E-state index is 0.0722. The van der Waals surface area contributed by atoms with Crippen LogP contribution in [0.3, 0.4) is 0 Å². The zero-order valence-corrected chi connectivity index (χ0v) is 18.3. The number of aromatic carboxylic acids is 1. The summed E-state index contributed by atoms with van der Waals surface area (Å²) in [6, 6.07) is 17.2. The Bertz CT molecular complexity index is 1680. The second kappa shape index (κ2) is 7.59. The SMILES string of the molecule is Nc1nc2ccccc2cc1Cn1c(C(=O)O)c(-c2ccc[nH]c2=O)c2cc3c(cc21)CCC3. The largest absolute Gasteiger partial charge is 0.477 e. The highest BCUT2D eigenvalue weighted by Crippen LogP contribution is 2.38. The average molecular weight is 450 g/mol. The van der Waals surface area contributed by atoms with Gasteiger partial charge in [-0.2, -0.15) is 0 Å². The van der Waals surface area contributed by atoms with Crippen LogP contribution in [0, 0.1) is 0 Å². The van der Waals surface area contributed by atoms with E-state index in [0.717, 1.165) is 46.6 Å². The number of nitrogens with one attached hydrogen (secondary N) is 1. The highest BCUT2D eigenvalue weighted by atomic mass is 16.4. The molecule has 3 heterocycles. The number of anilines is 1. The van der Waals surface area contributed by atoms with Gasteiger partial charge >= 0.3 is 5.97 Å². The molecule has 5 aromatic rings. The quantitative estimate of drug-likeness (QED) is 0.376. The van der Waals surface area contributed by atoms with Gasteiger partial charge in [-0.15, -0.1) is 0 Å². The second-order valence-corrected chi connectivity index (χ2v) is 8.74. The number of aryl methyl sites for hydroxylation is 2. The Hall–Kier alpha value is -4.39. The molecule has 0 amide bonds. The number of benzene rings is 2. The molecule has 0 saturated heterocycles. The van der Waals surface area contributed by atoms with Gasteiger partial charge in [-0.3, -0.25) is 4.79 Å². The molecule has 0 aliphatic heterocycles. The van der Waals surface area contributed by atoms with E-state index in [4.69, 9.17) is 5.73 Å². The van der Waals surface area contributed by atoms with Gasteiger partial charge in [0.05, 0.1) is 12.1 Å². The Kier molecular flexibility index (Phi) is 4.52. The summed E-state index contributed by atoms with van der Waals surface area (Å²) in [6.07, 6.45) is 4.52. The van der Waals surface area contributed by atoms with Crippen molar-refractivity contribution >= 4 is 33.6 Å². The first-order valence-corrected chi connectivity index (χ1v) is 11.2. The van der Waals surface area contributed by atoms with Gasteiger partial charge in [0.15, 0.2) is 0 Å². The predicted octanol–water partition coefficient (Wildman–Crippen LogP) is 4.36. The number of aromatic nitrogens is 3. The van der Waals surface area contributed by atoms with Gasteiger partial charge in [-0.25, -0.2) is 9.78 Å². The minimum Gasteiger partial charge on any atom is -0.477 e. The third-order valence-electron chi connectivity index (χ3n) is 6.73. The fourth-order valence-electron chi connectivity index (χ4n) is 5.17. The van der Waals surface area contributed by atoms with Gasteiger partial charge in [-0.1, -0.05) is 18.2 Å². The predicted molar refractivity (Wildman–Crippen MR) is 132 cm³/mol. The molecule has 7 heteroatoms. The van der Waals surface area contributed by atoms with Crippen molar-refractivity contribution in [1.82, 2.24) is 14.5 Å². The number of carboxylic acid groups (broad SMARTS) is 1. The maximum atomic E-state index is 12.8. The van der Waals surface area contributed by atoms with E-state index in [1.165, 1.54) is 11.1 Å². The fourth-order valence-corrected chi connectivity index (χ4v) is 5.17. The lowest BCUT2D eigenvalue weighted by molar-refractivity contribution is 0.0687. The smallest absolute Gasteiger partial charge is 0.353 e. The van der Waals surface area contributed by atoms with E-state index in [2.05, 4.69) is 22.1 Å². The summed E-state index contributed by atoms with van der Waals surface area (Å²) >= 11 is 0. The summed E-state index contributed by atoms with van der Waals surface area (Å²) < 4.78 is 1.76. The molecule has 2 aromatic carbocycles. The monoisotopic (exact) mass is 450 g/mol. The molecule has 4 N–H and O–H groups in total. The highest BCUT2D eigenvalue weighted by Gasteiger charge is 2.27. The molecule has 0 unspecified atom stereocenters. The van der Waals surface area contributed by atoms with Crippen molar-refractivity contribution in [1.29, 1.82) is 0 Å². The first-order chi connectivity index (χ1) is 16.5. The average Bonchev–Trinajstić information content (AvgIpc) is 3.40. The Labute approximate surface area is 194 Å². The number of carboxylic acids is 1. The number of H-pyrrole nitrogens is 1. The molecule has 0 radical (unpaired) electrons. The standard InChI is InChI=1S/C27H22N4O3/c28-25-18(11-17-5-1-2-9-21(17)30-25)14-31-22-13-16-7-3-6-15(16)12-20(22)23(24(31)27(33)34)19-8-4-10-29-26(19)32/h1-2,4-5,8-13H,3,6-7,14H2,(H2,28,30)(H,29,32)(H,33,34). The first-order valence-electron chi connectivity index (χ1n) is 11.2. The van der Waals surface area contributed by atoms with Crippen LogP contribution in [-0.2, 0) is 19.4 Å². The summed E-state index contributed by atoms with van der Waals surface area (Å²) in [5.41, 5.74) is 11.6. The number of aromatic amines is 1. The molecule has 6 rings (SSSR count). The maximum Gasteiger partial charge on any atom is 0.353 e. The lowest BCUT2D eigenvalue weighted by atomic mass is 10.00. The molecule has 0 saturated carbocycles. The number of nitrogens with two attached hydrogens (primary N) is 1. The molecule has 168 valence electrons. The fraction of sp³-hybridized carbons (Fsp3) is 0.148. The Morgan fingerprint density at radius 3 is 2.68 bits per heavy atom. The Balaban J connectivity index is 1.66. The lowest BCUT2D eigenvalue weighted by Crippen LogP contribution is -2.14. The molecule has 34 heavy (non-hydrogen) atoms. The summed E-state index contributed by atoms with van der Waals surface area (Å²) in [5.74, 6) is -0.737. The number of fused-ring (bicyclic) bond motifs is 3. The number of rotatable bonds is 4. The van der Waals surface area contributed by atoms with E-state index >= 15 is 0 Å². The number of para-hydroxylation sites is 1. The Morgan fingerprint density at radius 2 is 1.88 bits per heavy atom. The van der Waals surface area contributed by atoms with Crippen LogP contribution in [-0.4, -0.2) is 25.6 Å². The topological polar surface area (TPSA) is 114 Å². The van der Waals surface area contributed by atoms with Crippen LogP contribution < -0.4 is 11.3 Å². The second-order valence-electron chi connectivity index (χ2n) is 8.74. The van der Waals surface area contributed by atoms with E-state index < -0.39 is 5.97 Å². The Morgan fingerprint density at radius 1 is 1.09 bits per heavy atom. The van der Waals surface area contributed by atoms with Crippen molar-refractivity contribution in [3.63, 3.8) is 0 Å². The van der Waals surface area contributed by atoms with Crippen molar-refractivity contribution < 1.29 is 9.90 Å². The van der Waals surface area contributed by atoms with Crippen molar-refractivity contribution in [2.24, 2.45) is 0 Å². The lowest BCUT2D eigenvalue weighted by Gasteiger charge is -2.12. The van der Waals surface area contributed by atoms with Gasteiger partial charge in [0, 0.05) is 39.2 Å². The minimum atomic E-state index is -1.10. The number of pyridine rings is 2. The van der Waals surface area contributed by atoms with Crippen LogP contribution in [0.1, 0.15) is 33.6 Å². The summed E-state index contributed by atoms with van der Waals surface area (Å²) in [5, 5.41) is 12.0. The van der Waals surface area contributed by atoms with Crippen LogP contribution in [0.2, 0.25) is 0 Å². The molecule has 3 aromatic heterocycles. The van der Waals surface area contributed by atoms with Gasteiger partial charge in [0.2, 0.25) is 0 Å². The third kappa shape index (κ3) is 3.08. The number of carbonyl (C=O) groups is 1. The van der Waals surface area contributed by atoms with Crippen molar-refractivity contribution in [3.05, 3.63) is 93.5 Å². The third-order valence-corrected chi connectivity index (χ3v) is 6.73. The van der Waals surface area contributed by atoms with Crippen LogP contribution in [0.15, 0.2) is 65.6 Å². The van der Waals surface area contributed by atoms with E-state index in [9.17, 15) is 14.7 Å². The molecule has 7 nitrogen and oxygen atoms in total. The molecule has 1 aliphatic rings. The molecular weight excluding hydrogens is 428 g/mol. The zero-order valence-electron chi connectivity index (χ0n) is 18.3. The van der Waals surface area contributed by atoms with E-state index in [1.54, 1.807) is 22.9 Å². The molecule has 0 atom stereocenters. The van der Waals surface area contributed by atoms with Crippen molar-refractivity contribution in [2.75, 3.05) is 5.73 Å². The normalized spacial score (nSPS) is 12.9. The van der Waals surface area contributed by atoms with Gasteiger partial charge in [0.25, 0.3) is 5.56 Å². The summed E-state index contributed by atoms with van der Waals surface area (Å²) in [7, 11) is 0. The van der Waals surface area contributed by atoms with Crippen molar-refractivity contribution in [2.45, 2.75) is 25.8 Å². The maximum absolute atomic E-state index is 12.8. The first kappa shape index (κ1) is 20.2. The van der Waals surface area contributed by atoms with E-state index in [0.29, 0.717) is 16.9 Å². The van der Waals surface area contributed by atoms with Crippen LogP contribution >= 0.6 is 0 Å². The summed E-state index contributed by atoms with van der Waals surface area (Å²) in [4.78, 5) is 32.6. The number of hydrogen-bond donors (Lipinski definition) is 3. The number of hydrogen-bond acceptors (Lipinski definition) is 4. The van der Waals surface area contributed by atoms with Gasteiger partial charge in [0.1, 0.15) is 11.5 Å². The number of nitrogen functional groups attached to an aromatic ring is 1. The molecular formula is C27H22N4O3. The van der Waals surface area contributed by atoms with Gasteiger partial charge in [-0.05, 0) is 66.8 Å². The number of nitrogens with zero attached hydrogens (tertiary/aromatic N) is 2. The van der Waals surface area contributed by atoms with Gasteiger partial charge < -0.3 is 20.4 Å². The van der Waals surface area contributed by atoms with Crippen LogP contribution in [0.5, 0.6) is 0 Å². The van der Waals surface area contributed by atoms with Crippen LogP contribution in [0.25, 0.3) is 32.9 Å². The molecule has 1 aliphatic carbocycles. The highest BCUT2D eigenvalue weighted by molar-refractivity contribution is 6.08. The van der Waals surface area contributed by atoms with E-state index in [-0.39, 0.29) is 17.8 Å². The molecule has 0 fully saturated rings. The molecule has 0 bridgehead atoms. The van der Waals surface area contributed by atoms with Crippen LogP contribution in [0.4, 0.5) is 5.82 Å². The van der Waals surface area contributed by atoms with E-state index in [1.807, 2.05) is 30.3 Å². The zero-order chi connectivity index (χ0) is 23.4. The molecule has 0 spiro atoms.